The first kappa shape index (κ1) is 16.7. The summed E-state index contributed by atoms with van der Waals surface area (Å²) in [6.07, 6.45) is 1.44. The van der Waals surface area contributed by atoms with Crippen LogP contribution in [0.1, 0.15) is 37.3 Å². The van der Waals surface area contributed by atoms with Crippen LogP contribution in [0.15, 0.2) is 30.3 Å². The number of nitriles is 2. The van der Waals surface area contributed by atoms with E-state index in [-0.39, 0.29) is 24.8 Å². The Bertz CT molecular complexity index is 497. The first-order valence-electron chi connectivity index (χ1n) is 7.01. The van der Waals surface area contributed by atoms with Gasteiger partial charge in [0, 0.05) is 25.6 Å². The van der Waals surface area contributed by atoms with Crippen LogP contribution < -0.4 is 5.73 Å². The predicted octanol–water partition coefficient (Wildman–Crippen LogP) is 2.12. The number of nitrogens with two attached hydrogens (primary N) is 1. The van der Waals surface area contributed by atoms with E-state index in [1.54, 1.807) is 4.90 Å². The summed E-state index contributed by atoms with van der Waals surface area (Å²) < 4.78 is 0. The fourth-order valence-corrected chi connectivity index (χ4v) is 2.04. The Hall–Kier alpha value is -2.37. The van der Waals surface area contributed by atoms with Gasteiger partial charge in [-0.05, 0) is 12.0 Å². The molecule has 1 aromatic carbocycles. The van der Waals surface area contributed by atoms with Gasteiger partial charge in [0.2, 0.25) is 5.91 Å². The van der Waals surface area contributed by atoms with Crippen molar-refractivity contribution < 1.29 is 4.79 Å². The molecule has 0 aliphatic heterocycles. The Balaban J connectivity index is 2.49. The van der Waals surface area contributed by atoms with Crippen LogP contribution in [-0.4, -0.2) is 23.9 Å². The maximum Gasteiger partial charge on any atom is 0.222 e. The smallest absolute Gasteiger partial charge is 0.222 e. The van der Waals surface area contributed by atoms with Crippen LogP contribution >= 0.6 is 0 Å². The van der Waals surface area contributed by atoms with Crippen LogP contribution in [0.4, 0.5) is 0 Å². The molecule has 0 saturated carbocycles. The molecule has 1 unspecified atom stereocenters. The topological polar surface area (TPSA) is 93.9 Å². The summed E-state index contributed by atoms with van der Waals surface area (Å²) in [5.74, 6) is -0.0492. The monoisotopic (exact) mass is 284 g/mol. The lowest BCUT2D eigenvalue weighted by atomic mass is 10.0. The summed E-state index contributed by atoms with van der Waals surface area (Å²) in [4.78, 5) is 13.7. The predicted molar refractivity (Wildman–Crippen MR) is 79.6 cm³/mol. The first-order valence-corrected chi connectivity index (χ1v) is 7.01. The van der Waals surface area contributed by atoms with E-state index in [9.17, 15) is 4.79 Å². The zero-order chi connectivity index (χ0) is 15.5. The molecule has 1 aromatic rings. The van der Waals surface area contributed by atoms with Gasteiger partial charge in [-0.1, -0.05) is 30.3 Å². The second-order valence-electron chi connectivity index (χ2n) is 4.75. The maximum absolute atomic E-state index is 12.1. The fourth-order valence-electron chi connectivity index (χ4n) is 2.04. The molecule has 21 heavy (non-hydrogen) atoms. The minimum atomic E-state index is -0.177. The molecule has 110 valence electrons. The lowest BCUT2D eigenvalue weighted by molar-refractivity contribution is -0.131. The Morgan fingerprint density at radius 1 is 1.14 bits per heavy atom. The van der Waals surface area contributed by atoms with Gasteiger partial charge in [-0.15, -0.1) is 0 Å². The van der Waals surface area contributed by atoms with Crippen molar-refractivity contribution in [1.82, 2.24) is 4.90 Å². The second-order valence-corrected chi connectivity index (χ2v) is 4.75. The summed E-state index contributed by atoms with van der Waals surface area (Å²) in [5.41, 5.74) is 7.07. The van der Waals surface area contributed by atoms with Crippen LogP contribution in [0, 0.1) is 22.7 Å². The van der Waals surface area contributed by atoms with Crippen LogP contribution in [0.25, 0.3) is 0 Å². The van der Waals surface area contributed by atoms with Gasteiger partial charge in [-0.25, -0.2) is 0 Å². The number of carbonyl (C=O) groups excluding carboxylic acids is 1. The number of benzene rings is 1. The van der Waals surface area contributed by atoms with Crippen molar-refractivity contribution in [2.75, 3.05) is 13.1 Å². The number of hydrogen-bond acceptors (Lipinski definition) is 4. The average molecular weight is 284 g/mol. The Kier molecular flexibility index (Phi) is 7.56. The summed E-state index contributed by atoms with van der Waals surface area (Å²) in [6, 6.07) is 13.5. The molecule has 0 aliphatic rings. The molecule has 0 aliphatic carbocycles. The van der Waals surface area contributed by atoms with Gasteiger partial charge in [0.05, 0.1) is 25.0 Å². The molecule has 0 aromatic heterocycles. The van der Waals surface area contributed by atoms with Crippen LogP contribution in [-0.2, 0) is 4.79 Å². The highest BCUT2D eigenvalue weighted by atomic mass is 16.2. The number of hydrogen-bond donors (Lipinski definition) is 1. The van der Waals surface area contributed by atoms with E-state index >= 15 is 0 Å². The number of nitrogens with zero attached hydrogens (tertiary/aromatic N) is 3. The van der Waals surface area contributed by atoms with Crippen molar-refractivity contribution in [3.05, 3.63) is 35.9 Å². The van der Waals surface area contributed by atoms with Crippen LogP contribution in [0.2, 0.25) is 0 Å². The SMILES string of the molecule is N#CCCN(CCC#N)C(=O)CCC(N)c1ccccc1. The highest BCUT2D eigenvalue weighted by Crippen LogP contribution is 2.16. The number of amides is 1. The van der Waals surface area contributed by atoms with Crippen molar-refractivity contribution in [3.63, 3.8) is 0 Å². The molecule has 1 rings (SSSR count). The second kappa shape index (κ2) is 9.52. The Labute approximate surface area is 125 Å². The van der Waals surface area contributed by atoms with E-state index in [1.165, 1.54) is 0 Å². The minimum Gasteiger partial charge on any atom is -0.341 e. The third-order valence-electron chi connectivity index (χ3n) is 3.24. The van der Waals surface area contributed by atoms with E-state index < -0.39 is 0 Å². The molecule has 0 bridgehead atoms. The van der Waals surface area contributed by atoms with Gasteiger partial charge >= 0.3 is 0 Å². The number of carbonyl (C=O) groups is 1. The third-order valence-corrected chi connectivity index (χ3v) is 3.24. The summed E-state index contributed by atoms with van der Waals surface area (Å²) in [7, 11) is 0. The molecule has 0 saturated heterocycles. The van der Waals surface area contributed by atoms with Crippen molar-refractivity contribution in [3.8, 4) is 12.1 Å². The first-order chi connectivity index (χ1) is 10.2. The van der Waals surface area contributed by atoms with Crippen molar-refractivity contribution in [1.29, 1.82) is 10.5 Å². The largest absolute Gasteiger partial charge is 0.341 e. The Morgan fingerprint density at radius 3 is 2.24 bits per heavy atom. The van der Waals surface area contributed by atoms with Crippen LogP contribution in [0.5, 0.6) is 0 Å². The zero-order valence-corrected chi connectivity index (χ0v) is 12.0. The van der Waals surface area contributed by atoms with Crippen LogP contribution in [0.3, 0.4) is 0 Å². The normalized spacial score (nSPS) is 11.2. The summed E-state index contributed by atoms with van der Waals surface area (Å²) >= 11 is 0. The van der Waals surface area contributed by atoms with Crippen molar-refractivity contribution in [2.45, 2.75) is 31.7 Å². The molecule has 0 spiro atoms. The van der Waals surface area contributed by atoms with Crippen molar-refractivity contribution >= 4 is 5.91 Å². The molecule has 0 radical (unpaired) electrons. The zero-order valence-electron chi connectivity index (χ0n) is 12.0. The lowest BCUT2D eigenvalue weighted by Crippen LogP contribution is -2.33. The molecular formula is C16H20N4O. The van der Waals surface area contributed by atoms with Gasteiger partial charge in [-0.2, -0.15) is 10.5 Å². The van der Waals surface area contributed by atoms with Crippen molar-refractivity contribution in [2.24, 2.45) is 5.73 Å². The molecule has 0 fully saturated rings. The summed E-state index contributed by atoms with van der Waals surface area (Å²) in [6.45, 7) is 0.745. The molecular weight excluding hydrogens is 264 g/mol. The van der Waals surface area contributed by atoms with E-state index in [0.29, 0.717) is 25.9 Å². The summed E-state index contributed by atoms with van der Waals surface area (Å²) in [5, 5.41) is 17.2. The maximum atomic E-state index is 12.1. The molecule has 1 amide bonds. The van der Waals surface area contributed by atoms with E-state index in [2.05, 4.69) is 0 Å². The molecule has 5 nitrogen and oxygen atoms in total. The van der Waals surface area contributed by atoms with Gasteiger partial charge in [0.15, 0.2) is 0 Å². The quantitative estimate of drug-likeness (QED) is 0.791. The standard InChI is InChI=1S/C16H20N4O/c17-10-4-12-20(13-5-11-18)16(21)9-8-15(19)14-6-2-1-3-7-14/h1-3,6-7,15H,4-5,8-9,12-13,19H2. The van der Waals surface area contributed by atoms with Gasteiger partial charge in [-0.3, -0.25) is 4.79 Å². The van der Waals surface area contributed by atoms with Gasteiger partial charge < -0.3 is 10.6 Å². The Morgan fingerprint density at radius 2 is 1.71 bits per heavy atom. The van der Waals surface area contributed by atoms with Gasteiger partial charge in [0.1, 0.15) is 0 Å². The highest BCUT2D eigenvalue weighted by molar-refractivity contribution is 5.76. The molecule has 1 atom stereocenters. The third kappa shape index (κ3) is 6.07. The minimum absolute atomic E-state index is 0.0492. The fraction of sp³-hybridized carbons (Fsp3) is 0.438. The lowest BCUT2D eigenvalue weighted by Gasteiger charge is -2.21. The molecule has 0 heterocycles. The highest BCUT2D eigenvalue weighted by Gasteiger charge is 2.15. The van der Waals surface area contributed by atoms with E-state index in [0.717, 1.165) is 5.56 Å². The molecule has 5 heteroatoms. The van der Waals surface area contributed by atoms with E-state index in [1.807, 2.05) is 42.5 Å². The van der Waals surface area contributed by atoms with E-state index in [4.69, 9.17) is 16.3 Å². The van der Waals surface area contributed by atoms with Gasteiger partial charge in [0.25, 0.3) is 0 Å². The average Bonchev–Trinajstić information content (AvgIpc) is 2.53. The number of rotatable bonds is 8. The molecule has 2 N–H and O–H groups in total.